The molecule has 0 spiro atoms. The molecule has 0 bridgehead atoms. The number of carbonyl (C=O) groups is 1. The summed E-state index contributed by atoms with van der Waals surface area (Å²) in [6.45, 7) is 0.237. The number of hydrogen-bond acceptors (Lipinski definition) is 7. The van der Waals surface area contributed by atoms with Gasteiger partial charge in [-0.2, -0.15) is 0 Å². The third kappa shape index (κ3) is 3.99. The zero-order chi connectivity index (χ0) is 18.5. The van der Waals surface area contributed by atoms with Crippen LogP contribution < -0.4 is 15.6 Å². The molecule has 0 fully saturated rings. The van der Waals surface area contributed by atoms with Crippen LogP contribution in [0.4, 0.5) is 0 Å². The Balaban J connectivity index is 1.68. The van der Waals surface area contributed by atoms with E-state index >= 15 is 0 Å². The molecule has 3 rings (SSSR count). The summed E-state index contributed by atoms with van der Waals surface area (Å²) in [5.41, 5.74) is 0.910. The van der Waals surface area contributed by atoms with Crippen LogP contribution in [0.3, 0.4) is 0 Å². The van der Waals surface area contributed by atoms with Gasteiger partial charge in [0.2, 0.25) is 5.91 Å². The Labute approximate surface area is 153 Å². The summed E-state index contributed by atoms with van der Waals surface area (Å²) in [4.78, 5) is 37.0. The van der Waals surface area contributed by atoms with E-state index in [0.717, 1.165) is 11.3 Å². The Morgan fingerprint density at radius 2 is 2.04 bits per heavy atom. The monoisotopic (exact) mass is 371 g/mol. The number of thioether (sulfide) groups is 1. The highest BCUT2D eigenvalue weighted by atomic mass is 32.2. The van der Waals surface area contributed by atoms with Crippen LogP contribution in [0.15, 0.2) is 46.7 Å². The fraction of sp³-hybridized carbons (Fsp3) is 0.235. The Kier molecular flexibility index (Phi) is 5.47. The van der Waals surface area contributed by atoms with Gasteiger partial charge in [0.25, 0.3) is 5.56 Å². The van der Waals surface area contributed by atoms with Crippen molar-refractivity contribution in [2.75, 3.05) is 13.4 Å². The van der Waals surface area contributed by atoms with Crippen molar-refractivity contribution in [3.8, 4) is 5.75 Å². The highest BCUT2D eigenvalue weighted by Gasteiger charge is 2.10. The summed E-state index contributed by atoms with van der Waals surface area (Å²) in [6.07, 6.45) is 4.61. The predicted octanol–water partition coefficient (Wildman–Crippen LogP) is 1.23. The summed E-state index contributed by atoms with van der Waals surface area (Å²) in [5, 5.41) is 3.60. The normalized spacial score (nSPS) is 10.7. The molecule has 8 nitrogen and oxygen atoms in total. The van der Waals surface area contributed by atoms with Crippen LogP contribution in [-0.2, 0) is 17.9 Å². The SMILES string of the molecule is COc1ccc(CNC(=O)Cn2cnc3nc(SC)ncc3c2=O)cc1. The third-order valence-electron chi connectivity index (χ3n) is 3.70. The average Bonchev–Trinajstić information content (AvgIpc) is 2.68. The number of ether oxygens (including phenoxy) is 1. The summed E-state index contributed by atoms with van der Waals surface area (Å²) >= 11 is 1.37. The van der Waals surface area contributed by atoms with Crippen molar-refractivity contribution in [3.63, 3.8) is 0 Å². The molecule has 0 aliphatic carbocycles. The van der Waals surface area contributed by atoms with Crippen LogP contribution in [0.25, 0.3) is 11.0 Å². The first-order valence-electron chi connectivity index (χ1n) is 7.76. The number of benzene rings is 1. The fourth-order valence-corrected chi connectivity index (χ4v) is 2.64. The number of carbonyl (C=O) groups excluding carboxylic acids is 1. The molecule has 9 heteroatoms. The van der Waals surface area contributed by atoms with E-state index in [-0.39, 0.29) is 23.4 Å². The van der Waals surface area contributed by atoms with Crippen molar-refractivity contribution in [1.29, 1.82) is 0 Å². The largest absolute Gasteiger partial charge is 0.497 e. The molecule has 0 saturated carbocycles. The maximum atomic E-state index is 12.5. The Bertz CT molecular complexity index is 988. The molecular weight excluding hydrogens is 354 g/mol. The number of rotatable bonds is 6. The van der Waals surface area contributed by atoms with Crippen molar-refractivity contribution in [2.24, 2.45) is 0 Å². The van der Waals surface area contributed by atoms with Crippen LogP contribution in [-0.4, -0.2) is 38.8 Å². The maximum Gasteiger partial charge on any atom is 0.264 e. The van der Waals surface area contributed by atoms with Crippen molar-refractivity contribution in [1.82, 2.24) is 24.8 Å². The van der Waals surface area contributed by atoms with Gasteiger partial charge in [-0.15, -0.1) is 0 Å². The molecule has 0 saturated heterocycles. The lowest BCUT2D eigenvalue weighted by atomic mass is 10.2. The molecule has 0 aliphatic heterocycles. The molecule has 0 aliphatic rings. The predicted molar refractivity (Wildman–Crippen MR) is 98.2 cm³/mol. The molecule has 2 heterocycles. The van der Waals surface area contributed by atoms with Crippen molar-refractivity contribution >= 4 is 28.7 Å². The second kappa shape index (κ2) is 7.96. The first kappa shape index (κ1) is 17.9. The van der Waals surface area contributed by atoms with E-state index in [4.69, 9.17) is 4.74 Å². The lowest BCUT2D eigenvalue weighted by molar-refractivity contribution is -0.121. The molecule has 0 radical (unpaired) electrons. The van der Waals surface area contributed by atoms with Crippen LogP contribution in [0.1, 0.15) is 5.56 Å². The number of nitrogens with one attached hydrogen (secondary N) is 1. The number of hydrogen-bond donors (Lipinski definition) is 1. The lowest BCUT2D eigenvalue weighted by Gasteiger charge is -2.08. The number of aromatic nitrogens is 4. The lowest BCUT2D eigenvalue weighted by Crippen LogP contribution is -2.32. The van der Waals surface area contributed by atoms with Gasteiger partial charge >= 0.3 is 0 Å². The van der Waals surface area contributed by atoms with Gasteiger partial charge in [0, 0.05) is 12.7 Å². The molecule has 0 unspecified atom stereocenters. The summed E-state index contributed by atoms with van der Waals surface area (Å²) in [7, 11) is 1.60. The summed E-state index contributed by atoms with van der Waals surface area (Å²) < 4.78 is 6.34. The minimum absolute atomic E-state index is 0.123. The molecule has 1 N–H and O–H groups in total. The van der Waals surface area contributed by atoms with Crippen LogP contribution in [0, 0.1) is 0 Å². The van der Waals surface area contributed by atoms with Crippen molar-refractivity contribution < 1.29 is 9.53 Å². The van der Waals surface area contributed by atoms with E-state index in [0.29, 0.717) is 17.3 Å². The van der Waals surface area contributed by atoms with Crippen LogP contribution in [0.2, 0.25) is 0 Å². The van der Waals surface area contributed by atoms with E-state index in [1.807, 2.05) is 30.5 Å². The molecule has 1 amide bonds. The third-order valence-corrected chi connectivity index (χ3v) is 4.26. The number of fused-ring (bicyclic) bond motifs is 1. The van der Waals surface area contributed by atoms with E-state index in [9.17, 15) is 9.59 Å². The quantitative estimate of drug-likeness (QED) is 0.514. The van der Waals surface area contributed by atoms with E-state index in [1.54, 1.807) is 7.11 Å². The minimum Gasteiger partial charge on any atom is -0.497 e. The first-order chi connectivity index (χ1) is 12.6. The second-order valence-electron chi connectivity index (χ2n) is 5.40. The zero-order valence-corrected chi connectivity index (χ0v) is 15.1. The molecule has 0 atom stereocenters. The van der Waals surface area contributed by atoms with E-state index in [2.05, 4.69) is 20.3 Å². The number of amides is 1. The highest BCUT2D eigenvalue weighted by Crippen LogP contribution is 2.11. The topological polar surface area (TPSA) is 99.0 Å². The van der Waals surface area contributed by atoms with Gasteiger partial charge in [-0.05, 0) is 24.0 Å². The van der Waals surface area contributed by atoms with Gasteiger partial charge < -0.3 is 10.1 Å². The van der Waals surface area contributed by atoms with Gasteiger partial charge in [-0.25, -0.2) is 15.0 Å². The molecule has 3 aromatic rings. The van der Waals surface area contributed by atoms with Gasteiger partial charge in [0.05, 0.1) is 7.11 Å². The molecule has 1 aromatic carbocycles. The zero-order valence-electron chi connectivity index (χ0n) is 14.3. The van der Waals surface area contributed by atoms with Crippen molar-refractivity contribution in [2.45, 2.75) is 18.2 Å². The van der Waals surface area contributed by atoms with Gasteiger partial charge in [-0.1, -0.05) is 23.9 Å². The van der Waals surface area contributed by atoms with E-state index < -0.39 is 0 Å². The fourth-order valence-electron chi connectivity index (χ4n) is 2.30. The molecule has 134 valence electrons. The molecular formula is C17H17N5O3S. The van der Waals surface area contributed by atoms with Gasteiger partial charge in [0.1, 0.15) is 24.0 Å². The summed E-state index contributed by atoms with van der Waals surface area (Å²) in [6, 6.07) is 7.37. The Hall–Kier alpha value is -2.94. The Morgan fingerprint density at radius 1 is 1.27 bits per heavy atom. The van der Waals surface area contributed by atoms with E-state index in [1.165, 1.54) is 28.9 Å². The average molecular weight is 371 g/mol. The van der Waals surface area contributed by atoms with Crippen molar-refractivity contribution in [3.05, 3.63) is 52.7 Å². The first-order valence-corrected chi connectivity index (χ1v) is 8.99. The van der Waals surface area contributed by atoms with Gasteiger partial charge in [0.15, 0.2) is 10.8 Å². The maximum absolute atomic E-state index is 12.5. The van der Waals surface area contributed by atoms with Gasteiger partial charge in [-0.3, -0.25) is 14.2 Å². The van der Waals surface area contributed by atoms with Crippen LogP contribution >= 0.6 is 11.8 Å². The highest BCUT2D eigenvalue weighted by molar-refractivity contribution is 7.98. The molecule has 26 heavy (non-hydrogen) atoms. The smallest absolute Gasteiger partial charge is 0.264 e. The molecule has 2 aromatic heterocycles. The summed E-state index contributed by atoms with van der Waals surface area (Å²) in [5.74, 6) is 0.464. The van der Waals surface area contributed by atoms with Crippen LogP contribution in [0.5, 0.6) is 5.75 Å². The number of methoxy groups -OCH3 is 1. The Morgan fingerprint density at radius 3 is 2.73 bits per heavy atom. The second-order valence-corrected chi connectivity index (χ2v) is 6.17. The standard InChI is InChI=1S/C17H17N5O3S/c1-25-12-5-3-11(4-6-12)7-18-14(23)9-22-10-20-15-13(16(22)24)8-19-17(21-15)26-2/h3-6,8,10H,7,9H2,1-2H3,(H,18,23). The minimum atomic E-state index is -0.345. The number of nitrogens with zero attached hydrogens (tertiary/aromatic N) is 4.